The van der Waals surface area contributed by atoms with Crippen molar-refractivity contribution in [3.63, 3.8) is 0 Å². The van der Waals surface area contributed by atoms with E-state index in [1.165, 1.54) is 15.3 Å². The highest BCUT2D eigenvalue weighted by atomic mass is 79.9. The van der Waals surface area contributed by atoms with Gasteiger partial charge in [0.1, 0.15) is 0 Å². The van der Waals surface area contributed by atoms with Crippen LogP contribution in [0.3, 0.4) is 0 Å². The van der Waals surface area contributed by atoms with E-state index in [2.05, 4.69) is 47.1 Å². The number of benzene rings is 1. The van der Waals surface area contributed by atoms with Crippen LogP contribution < -0.4 is 0 Å². The fourth-order valence-corrected chi connectivity index (χ4v) is 3.34. The van der Waals surface area contributed by atoms with Gasteiger partial charge in [-0.25, -0.2) is 0 Å². The highest BCUT2D eigenvalue weighted by Crippen LogP contribution is 2.35. The van der Waals surface area contributed by atoms with Crippen LogP contribution in [0.5, 0.6) is 0 Å². The summed E-state index contributed by atoms with van der Waals surface area (Å²) in [5.74, 6) is 0. The second-order valence-corrected chi connectivity index (χ2v) is 6.12. The van der Waals surface area contributed by atoms with E-state index in [1.807, 2.05) is 23.5 Å². The fourth-order valence-electron chi connectivity index (χ4n) is 1.52. The van der Waals surface area contributed by atoms with E-state index in [1.54, 1.807) is 0 Å². The molecular formula is C13H12BrClS. The van der Waals surface area contributed by atoms with Crippen molar-refractivity contribution in [1.82, 2.24) is 0 Å². The Morgan fingerprint density at radius 3 is 2.44 bits per heavy atom. The number of halogens is 2. The molecule has 84 valence electrons. The Balaban J connectivity index is 2.24. The van der Waals surface area contributed by atoms with Gasteiger partial charge in [-0.3, -0.25) is 0 Å². The maximum absolute atomic E-state index is 5.88. The van der Waals surface area contributed by atoms with Crippen LogP contribution in [0.2, 0.25) is 5.02 Å². The third-order valence-corrected chi connectivity index (χ3v) is 5.31. The lowest BCUT2D eigenvalue weighted by Gasteiger charge is -2.07. The zero-order valence-corrected chi connectivity index (χ0v) is 12.1. The quantitative estimate of drug-likeness (QED) is 0.661. The minimum Gasteiger partial charge on any atom is -0.144 e. The molecule has 16 heavy (non-hydrogen) atoms. The van der Waals surface area contributed by atoms with Gasteiger partial charge in [-0.05, 0) is 36.2 Å². The van der Waals surface area contributed by atoms with Crippen LogP contribution in [0, 0.1) is 0 Å². The smallest absolute Gasteiger partial charge is 0.0738 e. The van der Waals surface area contributed by atoms with Crippen molar-refractivity contribution in [3.8, 4) is 0 Å². The van der Waals surface area contributed by atoms with E-state index >= 15 is 0 Å². The molecule has 0 aliphatic rings. The van der Waals surface area contributed by atoms with Gasteiger partial charge < -0.3 is 0 Å². The van der Waals surface area contributed by atoms with Crippen molar-refractivity contribution < 1.29 is 0 Å². The SMILES string of the molecule is CCc1ccc(C(Br)c2ccc(Cl)cc2)s1. The molecule has 2 aromatic rings. The Hall–Kier alpha value is -0.310. The Morgan fingerprint density at radius 2 is 1.88 bits per heavy atom. The fraction of sp³-hybridized carbons (Fsp3) is 0.231. The lowest BCUT2D eigenvalue weighted by Crippen LogP contribution is -1.88. The molecule has 0 nitrogen and oxygen atoms in total. The molecule has 0 amide bonds. The average Bonchev–Trinajstić information content (AvgIpc) is 2.77. The molecule has 0 N–H and O–H groups in total. The van der Waals surface area contributed by atoms with Crippen molar-refractivity contribution in [2.24, 2.45) is 0 Å². The molecule has 1 atom stereocenters. The molecule has 1 aromatic heterocycles. The zero-order chi connectivity index (χ0) is 11.5. The molecule has 0 aliphatic carbocycles. The number of thiophene rings is 1. The molecule has 1 heterocycles. The summed E-state index contributed by atoms with van der Waals surface area (Å²) in [6.45, 7) is 2.18. The Kier molecular flexibility index (Phi) is 4.06. The highest BCUT2D eigenvalue weighted by Gasteiger charge is 2.12. The van der Waals surface area contributed by atoms with Crippen LogP contribution in [0.4, 0.5) is 0 Å². The first-order valence-corrected chi connectivity index (χ1v) is 7.30. The van der Waals surface area contributed by atoms with Crippen molar-refractivity contribution in [3.05, 3.63) is 56.7 Å². The molecule has 3 heteroatoms. The summed E-state index contributed by atoms with van der Waals surface area (Å²) in [5.41, 5.74) is 1.24. The van der Waals surface area contributed by atoms with Crippen LogP contribution >= 0.6 is 38.9 Å². The van der Waals surface area contributed by atoms with E-state index < -0.39 is 0 Å². The molecule has 2 rings (SSSR count). The average molecular weight is 316 g/mol. The first-order chi connectivity index (χ1) is 7.70. The van der Waals surface area contributed by atoms with Crippen LogP contribution in [0.1, 0.15) is 27.1 Å². The van der Waals surface area contributed by atoms with Crippen molar-refractivity contribution >= 4 is 38.9 Å². The van der Waals surface area contributed by atoms with Gasteiger partial charge in [0.15, 0.2) is 0 Å². The standard InChI is InChI=1S/C13H12BrClS/c1-2-11-7-8-12(16-11)13(14)9-3-5-10(15)6-4-9/h3-8,13H,2H2,1H3. The lowest BCUT2D eigenvalue weighted by molar-refractivity contribution is 1.19. The largest absolute Gasteiger partial charge is 0.144 e. The summed E-state index contributed by atoms with van der Waals surface area (Å²) in [4.78, 5) is 3.04. The lowest BCUT2D eigenvalue weighted by atomic mass is 10.1. The molecule has 0 spiro atoms. The van der Waals surface area contributed by atoms with E-state index in [9.17, 15) is 0 Å². The van der Waals surface area contributed by atoms with Crippen LogP contribution in [0.15, 0.2) is 36.4 Å². The van der Waals surface area contributed by atoms with E-state index in [4.69, 9.17) is 11.6 Å². The normalized spacial score (nSPS) is 12.7. The van der Waals surface area contributed by atoms with Crippen molar-refractivity contribution in [2.45, 2.75) is 18.2 Å². The summed E-state index contributed by atoms with van der Waals surface area (Å²) in [6.07, 6.45) is 1.10. The molecule has 1 aromatic carbocycles. The maximum atomic E-state index is 5.88. The predicted molar refractivity (Wildman–Crippen MR) is 75.9 cm³/mol. The molecule has 0 radical (unpaired) electrons. The molecule has 0 saturated carbocycles. The van der Waals surface area contributed by atoms with E-state index in [0.717, 1.165) is 11.4 Å². The highest BCUT2D eigenvalue weighted by molar-refractivity contribution is 9.09. The molecule has 0 saturated heterocycles. The van der Waals surface area contributed by atoms with Gasteiger partial charge in [-0.15, -0.1) is 11.3 Å². The second kappa shape index (κ2) is 5.35. The minimum atomic E-state index is 0.273. The van der Waals surface area contributed by atoms with Gasteiger partial charge in [0.2, 0.25) is 0 Å². The summed E-state index contributed by atoms with van der Waals surface area (Å²) < 4.78 is 0. The second-order valence-electron chi connectivity index (χ2n) is 3.57. The molecule has 1 unspecified atom stereocenters. The Morgan fingerprint density at radius 1 is 1.19 bits per heavy atom. The zero-order valence-electron chi connectivity index (χ0n) is 8.91. The van der Waals surface area contributed by atoms with Gasteiger partial charge in [0.05, 0.1) is 4.83 Å². The summed E-state index contributed by atoms with van der Waals surface area (Å²) in [7, 11) is 0. The Bertz CT molecular complexity index is 461. The number of hydrogen-bond donors (Lipinski definition) is 0. The first kappa shape index (κ1) is 12.2. The third-order valence-electron chi connectivity index (χ3n) is 2.44. The van der Waals surface area contributed by atoms with Crippen molar-refractivity contribution in [2.75, 3.05) is 0 Å². The van der Waals surface area contributed by atoms with Gasteiger partial charge in [0.25, 0.3) is 0 Å². The maximum Gasteiger partial charge on any atom is 0.0738 e. The van der Waals surface area contributed by atoms with Crippen LogP contribution in [-0.4, -0.2) is 0 Å². The summed E-state index contributed by atoms with van der Waals surface area (Å²) in [6, 6.07) is 12.4. The number of aryl methyl sites for hydroxylation is 1. The first-order valence-electron chi connectivity index (χ1n) is 5.19. The summed E-state index contributed by atoms with van der Waals surface area (Å²) in [5, 5.41) is 0.781. The molecule has 0 aliphatic heterocycles. The van der Waals surface area contributed by atoms with Gasteiger partial charge in [0, 0.05) is 14.8 Å². The van der Waals surface area contributed by atoms with E-state index in [-0.39, 0.29) is 4.83 Å². The number of hydrogen-bond acceptors (Lipinski definition) is 1. The molecular weight excluding hydrogens is 304 g/mol. The van der Waals surface area contributed by atoms with Gasteiger partial charge in [-0.1, -0.05) is 46.6 Å². The molecule has 0 fully saturated rings. The summed E-state index contributed by atoms with van der Waals surface area (Å²) >= 11 is 11.5. The Labute approximate surface area is 113 Å². The predicted octanol–water partition coefficient (Wildman–Crippen LogP) is 5.45. The van der Waals surface area contributed by atoms with E-state index in [0.29, 0.717) is 0 Å². The van der Waals surface area contributed by atoms with Gasteiger partial charge >= 0.3 is 0 Å². The minimum absolute atomic E-state index is 0.273. The van der Waals surface area contributed by atoms with Crippen LogP contribution in [0.25, 0.3) is 0 Å². The number of rotatable bonds is 3. The van der Waals surface area contributed by atoms with Crippen LogP contribution in [-0.2, 0) is 6.42 Å². The number of alkyl halides is 1. The topological polar surface area (TPSA) is 0 Å². The van der Waals surface area contributed by atoms with Crippen molar-refractivity contribution in [1.29, 1.82) is 0 Å². The molecule has 0 bridgehead atoms. The monoisotopic (exact) mass is 314 g/mol. The third kappa shape index (κ3) is 2.68. The van der Waals surface area contributed by atoms with Gasteiger partial charge in [-0.2, -0.15) is 0 Å².